The maximum absolute atomic E-state index is 12.7. The molecule has 2 aromatic rings. The van der Waals surface area contributed by atoms with Crippen LogP contribution in [0.4, 0.5) is 5.69 Å². The van der Waals surface area contributed by atoms with Crippen LogP contribution in [0.5, 0.6) is 0 Å². The fourth-order valence-electron chi connectivity index (χ4n) is 2.37. The molecule has 134 valence electrons. The molecule has 2 rings (SSSR count). The second kappa shape index (κ2) is 9.34. The zero-order chi connectivity index (χ0) is 18.1. The second-order valence-electron chi connectivity index (χ2n) is 5.79. The summed E-state index contributed by atoms with van der Waals surface area (Å²) in [6.45, 7) is 2.08. The number of hydrogen-bond donors (Lipinski definition) is 1. The number of unbranched alkanes of at least 4 members (excludes halogenated alkanes) is 1. The van der Waals surface area contributed by atoms with Crippen LogP contribution < -0.4 is 9.62 Å². The Morgan fingerprint density at radius 1 is 1.00 bits per heavy atom. The van der Waals surface area contributed by atoms with Gasteiger partial charge in [-0.25, -0.2) is 13.1 Å². The summed E-state index contributed by atoms with van der Waals surface area (Å²) in [5.41, 5.74) is 1.72. The van der Waals surface area contributed by atoms with Crippen LogP contribution in [0.1, 0.15) is 25.3 Å². The molecule has 0 heterocycles. The highest BCUT2D eigenvalue weighted by Gasteiger charge is 2.18. The van der Waals surface area contributed by atoms with E-state index in [2.05, 4.69) is 4.72 Å². The Morgan fingerprint density at radius 2 is 1.60 bits per heavy atom. The first kappa shape index (κ1) is 19.1. The zero-order valence-corrected chi connectivity index (χ0v) is 15.2. The van der Waals surface area contributed by atoms with E-state index in [1.54, 1.807) is 4.90 Å². The van der Waals surface area contributed by atoms with Crippen molar-refractivity contribution >= 4 is 21.6 Å². The first-order valence-electron chi connectivity index (χ1n) is 8.38. The summed E-state index contributed by atoms with van der Waals surface area (Å²) in [7, 11) is -3.42. The van der Waals surface area contributed by atoms with E-state index in [1.165, 1.54) is 0 Å². The molecule has 1 N–H and O–H groups in total. The van der Waals surface area contributed by atoms with Gasteiger partial charge in [-0.05, 0) is 24.1 Å². The highest BCUT2D eigenvalue weighted by molar-refractivity contribution is 7.89. The molecule has 0 saturated heterocycles. The van der Waals surface area contributed by atoms with Crippen molar-refractivity contribution in [2.75, 3.05) is 17.2 Å². The smallest absolute Gasteiger partial charge is 0.242 e. The standard InChI is InChI=1S/C19H24N2O3S/c1-2-3-14-25(23,24)20-15-19(22)21(18-12-8-5-9-13-18)16-17-10-6-4-7-11-17/h4-13,20H,2-3,14-16H2,1H3. The van der Waals surface area contributed by atoms with Gasteiger partial charge in [0.1, 0.15) is 0 Å². The fraction of sp³-hybridized carbons (Fsp3) is 0.316. The minimum atomic E-state index is -3.42. The van der Waals surface area contributed by atoms with Gasteiger partial charge in [-0.2, -0.15) is 0 Å². The lowest BCUT2D eigenvalue weighted by atomic mass is 10.2. The quantitative estimate of drug-likeness (QED) is 0.748. The molecule has 25 heavy (non-hydrogen) atoms. The van der Waals surface area contributed by atoms with Crippen molar-refractivity contribution in [3.63, 3.8) is 0 Å². The molecule has 0 bridgehead atoms. The molecule has 0 aliphatic heterocycles. The Kier molecular flexibility index (Phi) is 7.16. The first-order chi connectivity index (χ1) is 12.0. The van der Waals surface area contributed by atoms with Crippen molar-refractivity contribution in [3.8, 4) is 0 Å². The van der Waals surface area contributed by atoms with E-state index >= 15 is 0 Å². The van der Waals surface area contributed by atoms with Crippen molar-refractivity contribution in [2.24, 2.45) is 0 Å². The van der Waals surface area contributed by atoms with Gasteiger partial charge >= 0.3 is 0 Å². The van der Waals surface area contributed by atoms with E-state index in [4.69, 9.17) is 0 Å². The van der Waals surface area contributed by atoms with Gasteiger partial charge in [-0.15, -0.1) is 0 Å². The molecule has 0 fully saturated rings. The Balaban J connectivity index is 2.11. The van der Waals surface area contributed by atoms with Gasteiger partial charge in [0.05, 0.1) is 18.8 Å². The normalized spacial score (nSPS) is 11.2. The SMILES string of the molecule is CCCCS(=O)(=O)NCC(=O)N(Cc1ccccc1)c1ccccc1. The number of nitrogens with one attached hydrogen (secondary N) is 1. The van der Waals surface area contributed by atoms with Crippen LogP contribution in [0.2, 0.25) is 0 Å². The van der Waals surface area contributed by atoms with E-state index in [0.29, 0.717) is 13.0 Å². The Bertz CT molecular complexity index is 762. The number of carbonyl (C=O) groups excluding carboxylic acids is 1. The van der Waals surface area contributed by atoms with Gasteiger partial charge in [-0.1, -0.05) is 61.9 Å². The largest absolute Gasteiger partial charge is 0.307 e. The van der Waals surface area contributed by atoms with Gasteiger partial charge in [0.2, 0.25) is 15.9 Å². The zero-order valence-electron chi connectivity index (χ0n) is 14.4. The summed E-state index contributed by atoms with van der Waals surface area (Å²) in [5, 5.41) is 0. The number of amides is 1. The number of benzene rings is 2. The maximum atomic E-state index is 12.7. The number of carbonyl (C=O) groups is 1. The molecular formula is C19H24N2O3S. The van der Waals surface area contributed by atoms with Crippen molar-refractivity contribution in [1.82, 2.24) is 4.72 Å². The minimum absolute atomic E-state index is 0.0425. The highest BCUT2D eigenvalue weighted by Crippen LogP contribution is 2.17. The molecule has 0 unspecified atom stereocenters. The van der Waals surface area contributed by atoms with E-state index in [0.717, 1.165) is 17.7 Å². The lowest BCUT2D eigenvalue weighted by Crippen LogP contribution is -2.40. The van der Waals surface area contributed by atoms with Gasteiger partial charge in [0, 0.05) is 5.69 Å². The Morgan fingerprint density at radius 3 is 2.20 bits per heavy atom. The average molecular weight is 360 g/mol. The molecular weight excluding hydrogens is 336 g/mol. The number of hydrogen-bond acceptors (Lipinski definition) is 3. The Hall–Kier alpha value is -2.18. The van der Waals surface area contributed by atoms with Crippen LogP contribution in [0.15, 0.2) is 60.7 Å². The minimum Gasteiger partial charge on any atom is -0.307 e. The average Bonchev–Trinajstić information content (AvgIpc) is 2.64. The Labute approximate surface area is 149 Å². The summed E-state index contributed by atoms with van der Waals surface area (Å²) < 4.78 is 26.3. The molecule has 0 aromatic heterocycles. The monoisotopic (exact) mass is 360 g/mol. The third-order valence-electron chi connectivity index (χ3n) is 3.76. The van der Waals surface area contributed by atoms with Gasteiger partial charge in [0.15, 0.2) is 0 Å². The van der Waals surface area contributed by atoms with Crippen LogP contribution in [0, 0.1) is 0 Å². The third kappa shape index (κ3) is 6.32. The molecule has 0 saturated carbocycles. The number of nitrogens with zero attached hydrogens (tertiary/aromatic N) is 1. The molecule has 1 amide bonds. The number of rotatable bonds is 9. The van der Waals surface area contributed by atoms with E-state index in [-0.39, 0.29) is 18.2 Å². The van der Waals surface area contributed by atoms with Gasteiger partial charge in [0.25, 0.3) is 0 Å². The van der Waals surface area contributed by atoms with Crippen LogP contribution >= 0.6 is 0 Å². The maximum Gasteiger partial charge on any atom is 0.242 e. The van der Waals surface area contributed by atoms with Crippen molar-refractivity contribution < 1.29 is 13.2 Å². The molecule has 6 heteroatoms. The lowest BCUT2D eigenvalue weighted by Gasteiger charge is -2.23. The second-order valence-corrected chi connectivity index (χ2v) is 7.72. The summed E-state index contributed by atoms with van der Waals surface area (Å²) in [6.07, 6.45) is 1.37. The van der Waals surface area contributed by atoms with Gasteiger partial charge < -0.3 is 4.90 Å². The number of anilines is 1. The predicted molar refractivity (Wildman–Crippen MR) is 101 cm³/mol. The molecule has 0 aliphatic carbocycles. The van der Waals surface area contributed by atoms with Crippen molar-refractivity contribution in [1.29, 1.82) is 0 Å². The molecule has 0 spiro atoms. The predicted octanol–water partition coefficient (Wildman–Crippen LogP) is 2.94. The van der Waals surface area contributed by atoms with Crippen LogP contribution in [0.25, 0.3) is 0 Å². The van der Waals surface area contributed by atoms with E-state index < -0.39 is 10.0 Å². The highest BCUT2D eigenvalue weighted by atomic mass is 32.2. The molecule has 2 aromatic carbocycles. The summed E-state index contributed by atoms with van der Waals surface area (Å²) >= 11 is 0. The molecule has 5 nitrogen and oxygen atoms in total. The lowest BCUT2D eigenvalue weighted by molar-refractivity contribution is -0.117. The van der Waals surface area contributed by atoms with E-state index in [9.17, 15) is 13.2 Å². The van der Waals surface area contributed by atoms with Crippen LogP contribution in [-0.2, 0) is 21.4 Å². The third-order valence-corrected chi connectivity index (χ3v) is 5.17. The summed E-state index contributed by atoms with van der Waals surface area (Å²) in [4.78, 5) is 14.3. The number of sulfonamides is 1. The summed E-state index contributed by atoms with van der Waals surface area (Å²) in [6, 6.07) is 18.9. The van der Waals surface area contributed by atoms with Crippen LogP contribution in [-0.4, -0.2) is 26.6 Å². The topological polar surface area (TPSA) is 66.5 Å². The molecule has 0 radical (unpaired) electrons. The number of para-hydroxylation sites is 1. The molecule has 0 atom stereocenters. The van der Waals surface area contributed by atoms with Gasteiger partial charge in [-0.3, -0.25) is 4.79 Å². The van der Waals surface area contributed by atoms with Crippen LogP contribution in [0.3, 0.4) is 0 Å². The summed E-state index contributed by atoms with van der Waals surface area (Å²) in [5.74, 6) is -0.240. The van der Waals surface area contributed by atoms with E-state index in [1.807, 2.05) is 67.6 Å². The fourth-order valence-corrected chi connectivity index (χ4v) is 3.53. The first-order valence-corrected chi connectivity index (χ1v) is 10.0. The molecule has 0 aliphatic rings. The van der Waals surface area contributed by atoms with Crippen molar-refractivity contribution in [2.45, 2.75) is 26.3 Å². The van der Waals surface area contributed by atoms with Crippen molar-refractivity contribution in [3.05, 3.63) is 66.2 Å².